The predicted molar refractivity (Wildman–Crippen MR) is 101 cm³/mol. The van der Waals surface area contributed by atoms with E-state index in [0.29, 0.717) is 17.9 Å². The summed E-state index contributed by atoms with van der Waals surface area (Å²) in [6, 6.07) is 12.4. The number of nitrogens with one attached hydrogen (secondary N) is 1. The third-order valence-electron chi connectivity index (χ3n) is 4.01. The Balaban J connectivity index is 2.02. The zero-order chi connectivity index (χ0) is 19.3. The van der Waals surface area contributed by atoms with Crippen molar-refractivity contribution in [3.8, 4) is 5.75 Å². The van der Waals surface area contributed by atoms with Gasteiger partial charge >= 0.3 is 0 Å². The van der Waals surface area contributed by atoms with Crippen molar-refractivity contribution in [2.45, 2.75) is 25.3 Å². The molecular formula is C19H24N2O4S. The minimum atomic E-state index is -3.75. The number of ether oxygens (including phenoxy) is 1. The second-order valence-electron chi connectivity index (χ2n) is 6.16. The van der Waals surface area contributed by atoms with Gasteiger partial charge in [-0.25, -0.2) is 8.42 Å². The molecule has 0 aromatic heterocycles. The lowest BCUT2D eigenvalue weighted by molar-refractivity contribution is -0.121. The molecule has 0 aliphatic rings. The minimum absolute atomic E-state index is 0.129. The number of nitrogens with zero attached hydrogens (tertiary/aromatic N) is 1. The Kier molecular flexibility index (Phi) is 6.39. The molecule has 1 amide bonds. The fourth-order valence-electron chi connectivity index (χ4n) is 2.56. The number of amides is 1. The number of carbonyl (C=O) groups is 1. The minimum Gasteiger partial charge on any atom is -0.496 e. The molecule has 0 bridgehead atoms. The standard InChI is InChI=1S/C19H24N2O4S/c1-14-6-5-7-16(10-14)12-20-19(22)13-21(3)26(23,24)17-8-9-18(25-4)15(2)11-17/h5-11H,12-13H2,1-4H3,(H,20,22). The summed E-state index contributed by atoms with van der Waals surface area (Å²) in [4.78, 5) is 12.2. The van der Waals surface area contributed by atoms with Crippen LogP contribution in [0.15, 0.2) is 47.4 Å². The van der Waals surface area contributed by atoms with Gasteiger partial charge in [0.25, 0.3) is 0 Å². The van der Waals surface area contributed by atoms with E-state index in [4.69, 9.17) is 4.74 Å². The molecule has 0 saturated heterocycles. The smallest absolute Gasteiger partial charge is 0.243 e. The Bertz CT molecular complexity index is 894. The second-order valence-corrected chi connectivity index (χ2v) is 8.20. The van der Waals surface area contributed by atoms with E-state index in [1.165, 1.54) is 26.3 Å². The van der Waals surface area contributed by atoms with E-state index >= 15 is 0 Å². The van der Waals surface area contributed by atoms with Gasteiger partial charge in [-0.15, -0.1) is 0 Å². The maximum Gasteiger partial charge on any atom is 0.243 e. The Morgan fingerprint density at radius 3 is 2.50 bits per heavy atom. The van der Waals surface area contributed by atoms with Gasteiger partial charge in [-0.1, -0.05) is 29.8 Å². The van der Waals surface area contributed by atoms with E-state index in [0.717, 1.165) is 15.4 Å². The van der Waals surface area contributed by atoms with Crippen LogP contribution in [0.5, 0.6) is 5.75 Å². The molecule has 0 heterocycles. The zero-order valence-corrected chi connectivity index (χ0v) is 16.3. The lowest BCUT2D eigenvalue weighted by Gasteiger charge is -2.18. The number of hydrogen-bond acceptors (Lipinski definition) is 4. The lowest BCUT2D eigenvalue weighted by atomic mass is 10.1. The number of benzene rings is 2. The van der Waals surface area contributed by atoms with Crippen molar-refractivity contribution in [2.24, 2.45) is 0 Å². The Morgan fingerprint density at radius 1 is 1.15 bits per heavy atom. The number of likely N-dealkylation sites (N-methyl/N-ethyl adjacent to an activating group) is 1. The first-order valence-corrected chi connectivity index (χ1v) is 9.61. The normalized spacial score (nSPS) is 11.4. The topological polar surface area (TPSA) is 75.7 Å². The highest BCUT2D eigenvalue weighted by atomic mass is 32.2. The molecule has 26 heavy (non-hydrogen) atoms. The maximum atomic E-state index is 12.6. The van der Waals surface area contributed by atoms with Crippen LogP contribution >= 0.6 is 0 Å². The van der Waals surface area contributed by atoms with Gasteiger partial charge in [-0.3, -0.25) is 4.79 Å². The molecule has 7 heteroatoms. The number of aryl methyl sites for hydroxylation is 2. The summed E-state index contributed by atoms with van der Waals surface area (Å²) in [5, 5.41) is 2.75. The van der Waals surface area contributed by atoms with E-state index in [-0.39, 0.29) is 17.3 Å². The molecule has 1 N–H and O–H groups in total. The molecule has 2 aromatic rings. The quantitative estimate of drug-likeness (QED) is 0.804. The van der Waals surface area contributed by atoms with Gasteiger partial charge in [0, 0.05) is 13.6 Å². The Hall–Kier alpha value is -2.38. The number of sulfonamides is 1. The van der Waals surface area contributed by atoms with Crippen LogP contribution in [0.3, 0.4) is 0 Å². The molecule has 0 radical (unpaired) electrons. The monoisotopic (exact) mass is 376 g/mol. The summed E-state index contributed by atoms with van der Waals surface area (Å²) in [6.07, 6.45) is 0. The fraction of sp³-hybridized carbons (Fsp3) is 0.316. The van der Waals surface area contributed by atoms with Crippen LogP contribution in [0, 0.1) is 13.8 Å². The molecule has 0 unspecified atom stereocenters. The van der Waals surface area contributed by atoms with Gasteiger partial charge in [0.15, 0.2) is 0 Å². The zero-order valence-electron chi connectivity index (χ0n) is 15.4. The molecule has 0 spiro atoms. The Morgan fingerprint density at radius 2 is 1.88 bits per heavy atom. The molecule has 0 aliphatic carbocycles. The van der Waals surface area contributed by atoms with E-state index in [1.807, 2.05) is 31.2 Å². The first-order chi connectivity index (χ1) is 12.2. The van der Waals surface area contributed by atoms with Crippen molar-refractivity contribution in [2.75, 3.05) is 20.7 Å². The van der Waals surface area contributed by atoms with Gasteiger partial charge in [0.05, 0.1) is 18.6 Å². The first-order valence-electron chi connectivity index (χ1n) is 8.17. The van der Waals surface area contributed by atoms with E-state index < -0.39 is 10.0 Å². The van der Waals surface area contributed by atoms with Gasteiger partial charge in [-0.05, 0) is 43.2 Å². The summed E-state index contributed by atoms with van der Waals surface area (Å²) in [5.41, 5.74) is 2.78. The van der Waals surface area contributed by atoms with Crippen molar-refractivity contribution >= 4 is 15.9 Å². The molecule has 0 atom stereocenters. The highest BCUT2D eigenvalue weighted by Crippen LogP contribution is 2.23. The number of carbonyl (C=O) groups excluding carboxylic acids is 1. The maximum absolute atomic E-state index is 12.6. The molecule has 6 nitrogen and oxygen atoms in total. The van der Waals surface area contributed by atoms with Crippen molar-refractivity contribution in [1.29, 1.82) is 0 Å². The van der Waals surface area contributed by atoms with E-state index in [9.17, 15) is 13.2 Å². The SMILES string of the molecule is COc1ccc(S(=O)(=O)N(C)CC(=O)NCc2cccc(C)c2)cc1C. The number of methoxy groups -OCH3 is 1. The summed E-state index contributed by atoms with van der Waals surface area (Å²) >= 11 is 0. The van der Waals surface area contributed by atoms with Crippen molar-refractivity contribution in [1.82, 2.24) is 9.62 Å². The lowest BCUT2D eigenvalue weighted by Crippen LogP contribution is -2.38. The number of hydrogen-bond donors (Lipinski definition) is 1. The van der Waals surface area contributed by atoms with Crippen LogP contribution in [0.25, 0.3) is 0 Å². The second kappa shape index (κ2) is 8.33. The summed E-state index contributed by atoms with van der Waals surface area (Å²) in [7, 11) is -0.835. The van der Waals surface area contributed by atoms with E-state index in [1.54, 1.807) is 13.0 Å². The van der Waals surface area contributed by atoms with Crippen LogP contribution in [0.4, 0.5) is 0 Å². The van der Waals surface area contributed by atoms with Crippen molar-refractivity contribution in [3.05, 3.63) is 59.2 Å². The average Bonchev–Trinajstić information content (AvgIpc) is 2.59. The first kappa shape index (κ1) is 19.9. The Labute approximate surface area is 154 Å². The molecule has 2 rings (SSSR count). The van der Waals surface area contributed by atoms with Gasteiger partial charge in [-0.2, -0.15) is 4.31 Å². The van der Waals surface area contributed by atoms with E-state index in [2.05, 4.69) is 5.32 Å². The molecule has 140 valence electrons. The van der Waals surface area contributed by atoms with Crippen LogP contribution in [0.1, 0.15) is 16.7 Å². The van der Waals surface area contributed by atoms with Crippen LogP contribution in [0.2, 0.25) is 0 Å². The van der Waals surface area contributed by atoms with Gasteiger partial charge in [0.2, 0.25) is 15.9 Å². The third kappa shape index (κ3) is 4.83. The van der Waals surface area contributed by atoms with Gasteiger partial charge < -0.3 is 10.1 Å². The molecule has 2 aromatic carbocycles. The van der Waals surface area contributed by atoms with Crippen LogP contribution < -0.4 is 10.1 Å². The summed E-state index contributed by atoms with van der Waals surface area (Å²) in [6.45, 7) is 3.85. The van der Waals surface area contributed by atoms with Crippen LogP contribution in [-0.2, 0) is 21.4 Å². The van der Waals surface area contributed by atoms with Crippen molar-refractivity contribution < 1.29 is 17.9 Å². The highest BCUT2D eigenvalue weighted by Gasteiger charge is 2.23. The molecular weight excluding hydrogens is 352 g/mol. The van der Waals surface area contributed by atoms with Crippen molar-refractivity contribution in [3.63, 3.8) is 0 Å². The molecule has 0 fully saturated rings. The fourth-order valence-corrected chi connectivity index (χ4v) is 3.77. The van der Waals surface area contributed by atoms with Crippen LogP contribution in [-0.4, -0.2) is 39.3 Å². The predicted octanol–water partition coefficient (Wildman–Crippen LogP) is 2.25. The highest BCUT2D eigenvalue weighted by molar-refractivity contribution is 7.89. The molecule has 0 aliphatic heterocycles. The molecule has 0 saturated carbocycles. The van der Waals surface area contributed by atoms with Gasteiger partial charge in [0.1, 0.15) is 5.75 Å². The average molecular weight is 376 g/mol. The number of rotatable bonds is 7. The largest absolute Gasteiger partial charge is 0.496 e. The third-order valence-corrected chi connectivity index (χ3v) is 5.81. The summed E-state index contributed by atoms with van der Waals surface area (Å²) in [5.74, 6) is 0.255. The summed E-state index contributed by atoms with van der Waals surface area (Å²) < 4.78 is 31.5.